The molecule has 0 saturated carbocycles. The number of methoxy groups -OCH3 is 3. The van der Waals surface area contributed by atoms with Crippen LogP contribution in [0.15, 0.2) is 16.8 Å². The van der Waals surface area contributed by atoms with Gasteiger partial charge in [0, 0.05) is 5.56 Å². The quantitative estimate of drug-likeness (QED) is 0.929. The average Bonchev–Trinajstić information content (AvgIpc) is 2.83. The lowest BCUT2D eigenvalue weighted by Gasteiger charge is -2.15. The summed E-state index contributed by atoms with van der Waals surface area (Å²) in [6.45, 7) is 0. The normalized spacial score (nSPS) is 10.3. The van der Waals surface area contributed by atoms with E-state index in [0.717, 1.165) is 0 Å². The highest BCUT2D eigenvalue weighted by Gasteiger charge is 2.22. The number of aromatic nitrogens is 1. The Balaban J connectivity index is 2.74. The zero-order chi connectivity index (χ0) is 14.0. The molecule has 0 fully saturated rings. The van der Waals surface area contributed by atoms with Crippen molar-refractivity contribution in [2.45, 2.75) is 0 Å². The molecular formula is C12H13ClN2O4. The molecule has 1 heterocycles. The molecular weight excluding hydrogens is 272 g/mol. The van der Waals surface area contributed by atoms with Crippen LogP contribution in [0, 0.1) is 0 Å². The number of benzene rings is 1. The summed E-state index contributed by atoms with van der Waals surface area (Å²) in [5.74, 6) is 1.43. The third-order valence-electron chi connectivity index (χ3n) is 2.66. The topological polar surface area (TPSA) is 79.7 Å². The monoisotopic (exact) mass is 284 g/mol. The van der Waals surface area contributed by atoms with Gasteiger partial charge in [0.2, 0.25) is 5.88 Å². The fourth-order valence-electron chi connectivity index (χ4n) is 1.78. The van der Waals surface area contributed by atoms with Crippen LogP contribution < -0.4 is 19.9 Å². The van der Waals surface area contributed by atoms with Gasteiger partial charge < -0.3 is 24.5 Å². The van der Waals surface area contributed by atoms with Crippen LogP contribution in [0.1, 0.15) is 0 Å². The summed E-state index contributed by atoms with van der Waals surface area (Å²) in [7, 11) is 4.51. The van der Waals surface area contributed by atoms with Crippen molar-refractivity contribution in [2.75, 3.05) is 27.1 Å². The van der Waals surface area contributed by atoms with Crippen molar-refractivity contribution in [3.05, 3.63) is 17.3 Å². The molecule has 0 unspecified atom stereocenters. The van der Waals surface area contributed by atoms with Gasteiger partial charge in [0.05, 0.1) is 33.1 Å². The number of nitrogens with zero attached hydrogens (tertiary/aromatic N) is 1. The fraction of sp³-hybridized carbons (Fsp3) is 0.250. The van der Waals surface area contributed by atoms with Gasteiger partial charge in [-0.25, -0.2) is 0 Å². The van der Waals surface area contributed by atoms with Crippen LogP contribution in [-0.4, -0.2) is 26.5 Å². The van der Waals surface area contributed by atoms with Crippen molar-refractivity contribution in [2.24, 2.45) is 0 Å². The van der Waals surface area contributed by atoms with E-state index in [1.54, 1.807) is 6.07 Å². The second-order valence-electron chi connectivity index (χ2n) is 3.61. The van der Waals surface area contributed by atoms with E-state index in [2.05, 4.69) is 5.16 Å². The molecule has 2 rings (SSSR count). The number of hydrogen-bond donors (Lipinski definition) is 1. The van der Waals surface area contributed by atoms with Crippen LogP contribution in [-0.2, 0) is 0 Å². The van der Waals surface area contributed by atoms with E-state index in [9.17, 15) is 0 Å². The first-order chi connectivity index (χ1) is 9.13. The molecule has 2 N–H and O–H groups in total. The number of nitrogens with two attached hydrogens (primary N) is 1. The number of hydrogen-bond acceptors (Lipinski definition) is 6. The van der Waals surface area contributed by atoms with Crippen LogP contribution in [0.25, 0.3) is 11.1 Å². The average molecular weight is 285 g/mol. The number of rotatable bonds is 4. The maximum atomic E-state index is 6.25. The maximum absolute atomic E-state index is 6.25. The largest absolute Gasteiger partial charge is 0.494 e. The van der Waals surface area contributed by atoms with Crippen molar-refractivity contribution in [1.82, 2.24) is 5.16 Å². The zero-order valence-electron chi connectivity index (χ0n) is 10.7. The zero-order valence-corrected chi connectivity index (χ0v) is 11.4. The predicted molar refractivity (Wildman–Crippen MR) is 71.0 cm³/mol. The minimum atomic E-state index is 0.168. The molecule has 0 aliphatic rings. The van der Waals surface area contributed by atoms with E-state index in [4.69, 9.17) is 36.1 Å². The van der Waals surface area contributed by atoms with E-state index in [0.29, 0.717) is 33.4 Å². The molecule has 1 aromatic carbocycles. The molecule has 0 bridgehead atoms. The summed E-state index contributed by atoms with van der Waals surface area (Å²) in [4.78, 5) is 0. The highest BCUT2D eigenvalue weighted by Crippen LogP contribution is 2.48. The number of anilines is 1. The third-order valence-corrected chi connectivity index (χ3v) is 3.00. The van der Waals surface area contributed by atoms with Gasteiger partial charge >= 0.3 is 0 Å². The summed E-state index contributed by atoms with van der Waals surface area (Å²) in [5, 5.41) is 3.92. The van der Waals surface area contributed by atoms with E-state index in [1.165, 1.54) is 27.5 Å². The van der Waals surface area contributed by atoms with Crippen molar-refractivity contribution < 1.29 is 18.7 Å². The van der Waals surface area contributed by atoms with E-state index in [1.807, 2.05) is 0 Å². The molecule has 6 nitrogen and oxygen atoms in total. The van der Waals surface area contributed by atoms with Crippen LogP contribution in [0.4, 0.5) is 5.88 Å². The van der Waals surface area contributed by atoms with Crippen LogP contribution in [0.3, 0.4) is 0 Å². The predicted octanol–water partition coefficient (Wildman–Crippen LogP) is 2.60. The minimum Gasteiger partial charge on any atom is -0.494 e. The number of nitrogen functional groups attached to an aromatic ring is 1. The first kappa shape index (κ1) is 13.4. The molecule has 0 spiro atoms. The van der Waals surface area contributed by atoms with Gasteiger partial charge in [0.15, 0.2) is 11.5 Å². The molecule has 0 aliphatic heterocycles. The van der Waals surface area contributed by atoms with E-state index < -0.39 is 0 Å². The first-order valence-corrected chi connectivity index (χ1v) is 5.70. The Kier molecular flexibility index (Phi) is 3.71. The third kappa shape index (κ3) is 2.15. The molecule has 0 atom stereocenters. The lowest BCUT2D eigenvalue weighted by Crippen LogP contribution is -1.97. The van der Waals surface area contributed by atoms with Crippen molar-refractivity contribution >= 4 is 17.5 Å². The Morgan fingerprint density at radius 2 is 1.79 bits per heavy atom. The van der Waals surface area contributed by atoms with E-state index >= 15 is 0 Å². The van der Waals surface area contributed by atoms with Gasteiger partial charge in [-0.2, -0.15) is 0 Å². The minimum absolute atomic E-state index is 0.168. The maximum Gasteiger partial charge on any atom is 0.230 e. The number of ether oxygens (including phenoxy) is 3. The van der Waals surface area contributed by atoms with Crippen LogP contribution in [0.2, 0.25) is 5.02 Å². The van der Waals surface area contributed by atoms with Crippen LogP contribution in [0.5, 0.6) is 17.2 Å². The summed E-state index contributed by atoms with van der Waals surface area (Å²) in [6.07, 6.45) is 1.48. The molecule has 1 aromatic heterocycles. The lowest BCUT2D eigenvalue weighted by atomic mass is 10.1. The summed E-state index contributed by atoms with van der Waals surface area (Å²) in [5.41, 5.74) is 6.89. The Bertz CT molecular complexity index is 598. The Morgan fingerprint density at radius 3 is 2.26 bits per heavy atom. The van der Waals surface area contributed by atoms with Gasteiger partial charge in [-0.15, -0.1) is 0 Å². The van der Waals surface area contributed by atoms with Crippen molar-refractivity contribution in [3.8, 4) is 28.4 Å². The van der Waals surface area contributed by atoms with Gasteiger partial charge in [-0.1, -0.05) is 16.8 Å². The molecule has 0 amide bonds. The molecule has 0 radical (unpaired) electrons. The molecule has 2 aromatic rings. The van der Waals surface area contributed by atoms with Crippen LogP contribution >= 0.6 is 11.6 Å². The summed E-state index contributed by atoms with van der Waals surface area (Å²) >= 11 is 6.25. The van der Waals surface area contributed by atoms with Gasteiger partial charge in [0.25, 0.3) is 0 Å². The van der Waals surface area contributed by atoms with Gasteiger partial charge in [-0.3, -0.25) is 0 Å². The summed E-state index contributed by atoms with van der Waals surface area (Å²) < 4.78 is 20.6. The Hall–Kier alpha value is -2.08. The molecule has 102 valence electrons. The van der Waals surface area contributed by atoms with Crippen molar-refractivity contribution in [3.63, 3.8) is 0 Å². The highest BCUT2D eigenvalue weighted by atomic mass is 35.5. The molecule has 7 heteroatoms. The Morgan fingerprint density at radius 1 is 1.11 bits per heavy atom. The highest BCUT2D eigenvalue weighted by molar-refractivity contribution is 6.34. The summed E-state index contributed by atoms with van der Waals surface area (Å²) in [6, 6.07) is 1.70. The number of halogens is 1. The molecule has 19 heavy (non-hydrogen) atoms. The first-order valence-electron chi connectivity index (χ1n) is 5.33. The lowest BCUT2D eigenvalue weighted by molar-refractivity contribution is 0.350. The smallest absolute Gasteiger partial charge is 0.230 e. The molecule has 0 saturated heterocycles. The van der Waals surface area contributed by atoms with Gasteiger partial charge in [-0.05, 0) is 6.07 Å². The standard InChI is InChI=1S/C12H13ClN2O4/c1-16-8-4-6(7-5-15-19-12(7)14)10(17-2)9(13)11(8)18-3/h4-5H,14H2,1-3H3. The second kappa shape index (κ2) is 5.27. The fourth-order valence-corrected chi connectivity index (χ4v) is 2.13. The van der Waals surface area contributed by atoms with Gasteiger partial charge in [0.1, 0.15) is 10.8 Å². The van der Waals surface area contributed by atoms with Crippen molar-refractivity contribution in [1.29, 1.82) is 0 Å². The SMILES string of the molecule is COc1cc(-c2cnoc2N)c(OC)c(Cl)c1OC. The van der Waals surface area contributed by atoms with E-state index in [-0.39, 0.29) is 5.88 Å². The second-order valence-corrected chi connectivity index (χ2v) is 3.99. The molecule has 0 aliphatic carbocycles. The Labute approximate surface area is 115 Å².